The van der Waals surface area contributed by atoms with Crippen molar-refractivity contribution in [2.75, 3.05) is 19.5 Å². The Morgan fingerprint density at radius 2 is 1.60 bits per heavy atom. The van der Waals surface area contributed by atoms with Gasteiger partial charge in [-0.2, -0.15) is 0 Å². The van der Waals surface area contributed by atoms with E-state index in [9.17, 15) is 4.57 Å². The number of hydrogen-bond donors (Lipinski definition) is 1. The predicted molar refractivity (Wildman–Crippen MR) is 59.9 cm³/mol. The molecule has 0 aromatic rings. The lowest BCUT2D eigenvalue weighted by Crippen LogP contribution is -2.14. The Kier molecular flexibility index (Phi) is 7.40. The van der Waals surface area contributed by atoms with Crippen LogP contribution in [0.15, 0.2) is 0 Å². The summed E-state index contributed by atoms with van der Waals surface area (Å²) in [5, 5.41) is 0. The van der Waals surface area contributed by atoms with Gasteiger partial charge in [0, 0.05) is 6.54 Å². The molecule has 0 bridgehead atoms. The topological polar surface area (TPSA) is 70.8 Å². The van der Waals surface area contributed by atoms with Crippen LogP contribution in [0.4, 0.5) is 0 Å². The summed E-state index contributed by atoms with van der Waals surface area (Å²) in [7, 11) is -3.14. The molecule has 0 heterocycles. The molecule has 0 aliphatic carbocycles. The molecule has 0 unspecified atom stereocenters. The van der Waals surface area contributed by atoms with E-state index in [1.807, 2.05) is 0 Å². The van der Waals surface area contributed by atoms with Crippen LogP contribution in [0.2, 0.25) is 0 Å². The monoisotopic (exact) mass is 239 g/mol. The van der Waals surface area contributed by atoms with Gasteiger partial charge in [0.2, 0.25) is 0 Å². The summed E-state index contributed by atoms with van der Waals surface area (Å²) in [4.78, 5) is 0. The largest absolute Gasteiger partial charge is 0.367 e. The van der Waals surface area contributed by atoms with E-state index in [1.165, 1.54) is 0 Å². The summed E-state index contributed by atoms with van der Waals surface area (Å²) in [5.41, 5.74) is 5.26. The van der Waals surface area contributed by atoms with Crippen LogP contribution in [0.3, 0.4) is 0 Å². The van der Waals surface area contributed by atoms with Crippen molar-refractivity contribution >= 4 is 7.60 Å². The van der Waals surface area contributed by atoms with E-state index in [1.54, 1.807) is 27.7 Å². The third-order valence-corrected chi connectivity index (χ3v) is 3.24. The van der Waals surface area contributed by atoms with E-state index < -0.39 is 7.60 Å². The number of hydrogen-bond acceptors (Lipinski definition) is 5. The molecule has 2 N–H and O–H groups in total. The van der Waals surface area contributed by atoms with Gasteiger partial charge >= 0.3 is 7.60 Å². The van der Waals surface area contributed by atoms with E-state index in [0.29, 0.717) is 13.2 Å². The lowest BCUT2D eigenvalue weighted by atomic mass is 10.5. The second-order valence-electron chi connectivity index (χ2n) is 3.75. The normalized spacial score (nSPS) is 12.7. The number of rotatable bonds is 8. The summed E-state index contributed by atoms with van der Waals surface area (Å²) in [6, 6.07) is 0. The van der Waals surface area contributed by atoms with Crippen LogP contribution in [0.5, 0.6) is 0 Å². The summed E-state index contributed by atoms with van der Waals surface area (Å²) in [5.74, 6) is 0. The summed E-state index contributed by atoms with van der Waals surface area (Å²) >= 11 is 0. The van der Waals surface area contributed by atoms with Crippen LogP contribution in [0.1, 0.15) is 27.7 Å². The first-order chi connectivity index (χ1) is 6.89. The average molecular weight is 239 g/mol. The maximum atomic E-state index is 12.1. The van der Waals surface area contributed by atoms with Crippen molar-refractivity contribution in [3.05, 3.63) is 0 Å². The van der Waals surface area contributed by atoms with E-state index in [4.69, 9.17) is 19.5 Å². The second kappa shape index (κ2) is 7.36. The first-order valence-corrected chi connectivity index (χ1v) is 6.86. The predicted octanol–water partition coefficient (Wildman–Crippen LogP) is 1.96. The Labute approximate surface area is 91.8 Å². The lowest BCUT2D eigenvalue weighted by Gasteiger charge is -2.22. The third kappa shape index (κ3) is 7.94. The Morgan fingerprint density at radius 3 is 1.93 bits per heavy atom. The van der Waals surface area contributed by atoms with Crippen molar-refractivity contribution in [3.8, 4) is 0 Å². The minimum absolute atomic E-state index is 0.0411. The first-order valence-electron chi connectivity index (χ1n) is 5.13. The van der Waals surface area contributed by atoms with Gasteiger partial charge in [-0.1, -0.05) is 0 Å². The highest BCUT2D eigenvalue weighted by molar-refractivity contribution is 7.53. The highest BCUT2D eigenvalue weighted by atomic mass is 31.2. The van der Waals surface area contributed by atoms with Crippen molar-refractivity contribution in [2.45, 2.75) is 39.9 Å². The zero-order chi connectivity index (χ0) is 11.9. The van der Waals surface area contributed by atoms with Crippen molar-refractivity contribution < 1.29 is 18.3 Å². The zero-order valence-electron chi connectivity index (χ0n) is 9.93. The van der Waals surface area contributed by atoms with Gasteiger partial charge in [0.05, 0.1) is 18.8 Å². The van der Waals surface area contributed by atoms with Gasteiger partial charge in [0.15, 0.2) is 0 Å². The van der Waals surface area contributed by atoms with Crippen LogP contribution in [0.25, 0.3) is 0 Å². The maximum Gasteiger partial charge on any atom is 0.356 e. The van der Waals surface area contributed by atoms with Gasteiger partial charge in [-0.05, 0) is 27.7 Å². The lowest BCUT2D eigenvalue weighted by molar-refractivity contribution is 0.101. The highest BCUT2D eigenvalue weighted by Gasteiger charge is 2.27. The van der Waals surface area contributed by atoms with Gasteiger partial charge in [-0.3, -0.25) is 4.57 Å². The molecule has 0 atom stereocenters. The zero-order valence-corrected chi connectivity index (χ0v) is 10.8. The van der Waals surface area contributed by atoms with E-state index >= 15 is 0 Å². The molecule has 0 aliphatic heterocycles. The Morgan fingerprint density at radius 1 is 1.13 bits per heavy atom. The summed E-state index contributed by atoms with van der Waals surface area (Å²) < 4.78 is 27.7. The molecule has 0 aromatic carbocycles. The van der Waals surface area contributed by atoms with Crippen molar-refractivity contribution in [1.29, 1.82) is 0 Å². The molecule has 0 rings (SSSR count). The molecule has 0 amide bonds. The first kappa shape index (κ1) is 15.1. The standard InChI is InChI=1S/C9H22NO4P/c1-8(2)13-15(11,14-9(3)4)7-12-6-5-10/h8-9H,5-7,10H2,1-4H3. The van der Waals surface area contributed by atoms with Crippen molar-refractivity contribution in [1.82, 2.24) is 0 Å². The van der Waals surface area contributed by atoms with E-state index in [2.05, 4.69) is 0 Å². The molecule has 6 heteroatoms. The fraction of sp³-hybridized carbons (Fsp3) is 1.00. The maximum absolute atomic E-state index is 12.1. The van der Waals surface area contributed by atoms with Crippen molar-refractivity contribution in [2.24, 2.45) is 5.73 Å². The van der Waals surface area contributed by atoms with Crippen LogP contribution in [-0.2, 0) is 18.3 Å². The fourth-order valence-corrected chi connectivity index (χ4v) is 2.80. The van der Waals surface area contributed by atoms with Gasteiger partial charge in [-0.25, -0.2) is 0 Å². The van der Waals surface area contributed by atoms with E-state index in [0.717, 1.165) is 0 Å². The molecular weight excluding hydrogens is 217 g/mol. The highest BCUT2D eigenvalue weighted by Crippen LogP contribution is 2.50. The SMILES string of the molecule is CC(C)OP(=O)(COCCN)OC(C)C. The minimum Gasteiger partial charge on any atom is -0.367 e. The van der Waals surface area contributed by atoms with Crippen molar-refractivity contribution in [3.63, 3.8) is 0 Å². The molecule has 0 saturated heterocycles. The van der Waals surface area contributed by atoms with Crippen LogP contribution >= 0.6 is 7.60 Å². The number of nitrogens with two attached hydrogens (primary N) is 1. The molecule has 0 spiro atoms. The van der Waals surface area contributed by atoms with Gasteiger partial charge in [0.1, 0.15) is 6.35 Å². The van der Waals surface area contributed by atoms with Crippen LogP contribution < -0.4 is 5.73 Å². The second-order valence-corrected chi connectivity index (χ2v) is 5.65. The fourth-order valence-electron chi connectivity index (χ4n) is 0.988. The smallest absolute Gasteiger partial charge is 0.356 e. The Hall–Kier alpha value is 0.0700. The quantitative estimate of drug-likeness (QED) is 0.518. The molecule has 0 aromatic heterocycles. The molecule has 92 valence electrons. The molecular formula is C9H22NO4P. The van der Waals surface area contributed by atoms with E-state index in [-0.39, 0.29) is 18.6 Å². The Balaban J connectivity index is 4.21. The minimum atomic E-state index is -3.14. The average Bonchev–Trinajstić information content (AvgIpc) is 2.00. The van der Waals surface area contributed by atoms with Crippen LogP contribution in [0, 0.1) is 0 Å². The third-order valence-electron chi connectivity index (χ3n) is 1.25. The molecule has 5 nitrogen and oxygen atoms in total. The molecule has 15 heavy (non-hydrogen) atoms. The Bertz CT molecular complexity index is 194. The molecule has 0 aliphatic rings. The number of ether oxygens (including phenoxy) is 1. The van der Waals surface area contributed by atoms with Gasteiger partial charge in [-0.15, -0.1) is 0 Å². The summed E-state index contributed by atoms with van der Waals surface area (Å²) in [6.45, 7) is 7.97. The van der Waals surface area contributed by atoms with Gasteiger partial charge in [0.25, 0.3) is 0 Å². The van der Waals surface area contributed by atoms with Crippen LogP contribution in [-0.4, -0.2) is 31.7 Å². The molecule has 0 radical (unpaired) electrons. The molecule has 0 fully saturated rings. The van der Waals surface area contributed by atoms with Gasteiger partial charge < -0.3 is 19.5 Å². The summed E-state index contributed by atoms with van der Waals surface area (Å²) in [6.07, 6.45) is -0.354. The molecule has 0 saturated carbocycles.